The highest BCUT2D eigenvalue weighted by atomic mass is 32.1. The topological polar surface area (TPSA) is 110 Å². The summed E-state index contributed by atoms with van der Waals surface area (Å²) in [5, 5.41) is 2.50. The van der Waals surface area contributed by atoms with Crippen molar-refractivity contribution in [1.29, 1.82) is 0 Å². The summed E-state index contributed by atoms with van der Waals surface area (Å²) in [5.74, 6) is 0. The van der Waals surface area contributed by atoms with Gasteiger partial charge in [0.15, 0.2) is 12.4 Å². The third-order valence-corrected chi connectivity index (χ3v) is 24.5. The number of nitrogens with zero attached hydrogens (tertiary/aromatic N) is 2. The van der Waals surface area contributed by atoms with Crippen LogP contribution in [0.3, 0.4) is 0 Å². The first-order chi connectivity index (χ1) is 35.3. The third-order valence-electron chi connectivity index (χ3n) is 14.0. The second kappa shape index (κ2) is 25.9. The van der Waals surface area contributed by atoms with Gasteiger partial charge in [-0.2, -0.15) is 0 Å². The minimum Gasteiger partial charge on any atom is -0.459 e. The number of benzene rings is 5. The highest BCUT2D eigenvalue weighted by Crippen LogP contribution is 2.48. The summed E-state index contributed by atoms with van der Waals surface area (Å²) < 4.78 is 72.5. The number of hydrogen-bond donors (Lipinski definition) is 0. The number of hydrogen-bond acceptors (Lipinski definition) is 12. The molecule has 15 heteroatoms. The molecule has 0 saturated carbocycles. The van der Waals surface area contributed by atoms with E-state index in [1.807, 2.05) is 78.9 Å². The van der Waals surface area contributed by atoms with Crippen LogP contribution in [-0.4, -0.2) is 94.6 Å². The van der Waals surface area contributed by atoms with Crippen LogP contribution in [-0.2, 0) is 72.6 Å². The summed E-state index contributed by atoms with van der Waals surface area (Å²) in [6.07, 6.45) is -0.0938. The van der Waals surface area contributed by atoms with Crippen LogP contribution < -0.4 is 0 Å². The van der Waals surface area contributed by atoms with Crippen molar-refractivity contribution in [1.82, 2.24) is 9.55 Å². The summed E-state index contributed by atoms with van der Waals surface area (Å²) in [6, 6.07) is 45.1. The average Bonchev–Trinajstić information content (AvgIpc) is 4.05. The van der Waals surface area contributed by atoms with Gasteiger partial charge in [0.1, 0.15) is 36.8 Å². The maximum Gasteiger partial charge on any atom is 0.335 e. The molecule has 0 spiro atoms. The van der Waals surface area contributed by atoms with Gasteiger partial charge in [-0.3, -0.25) is 4.57 Å². The predicted molar refractivity (Wildman–Crippen MR) is 292 cm³/mol. The number of fused-ring (bicyclic) bond motifs is 2. The van der Waals surface area contributed by atoms with E-state index in [1.165, 1.54) is 5.39 Å². The number of ether oxygens (including phenoxy) is 7. The molecule has 0 aliphatic carbocycles. The van der Waals surface area contributed by atoms with E-state index < -0.39 is 60.0 Å². The molecule has 0 bridgehead atoms. The van der Waals surface area contributed by atoms with Crippen molar-refractivity contribution in [3.8, 4) is 0 Å². The molecule has 5 aromatic carbocycles. The first-order valence-corrected chi connectivity index (χ1v) is 30.2. The van der Waals surface area contributed by atoms with Crippen LogP contribution in [0.2, 0.25) is 22.2 Å². The van der Waals surface area contributed by atoms with Gasteiger partial charge in [0.25, 0.3) is 5.17 Å². The van der Waals surface area contributed by atoms with Crippen molar-refractivity contribution in [2.75, 3.05) is 19.8 Å². The average molecular weight is 1050 g/mol. The van der Waals surface area contributed by atoms with Gasteiger partial charge in [0.2, 0.25) is 0 Å². The lowest BCUT2D eigenvalue weighted by atomic mass is 10.1. The molecule has 6 aromatic rings. The van der Waals surface area contributed by atoms with E-state index in [0.717, 1.165) is 27.6 Å². The molecule has 73 heavy (non-hydrogen) atoms. The van der Waals surface area contributed by atoms with Gasteiger partial charge in [0, 0.05) is 12.4 Å². The molecule has 1 aromatic heterocycles. The Bertz CT molecular complexity index is 2580. The van der Waals surface area contributed by atoms with Crippen LogP contribution in [0.1, 0.15) is 77.6 Å². The number of thiocarbonyl (C=S) groups is 1. The maximum atomic E-state index is 7.58. The van der Waals surface area contributed by atoms with Crippen LogP contribution in [0.5, 0.6) is 0 Å². The largest absolute Gasteiger partial charge is 0.459 e. The SMILES string of the molecule is CC(C)[Si]1(C(C)C)OC[C@H]2O[C@@H](OCC(OCc3ccccc3)C(OCc3ccccc3)C(COCc3ccc4ccccc4c3)OCc3ccccc3)[C@@H](OC(=S)n3ccnc3)C2O[Si](C(C)C)(C(C)C)O1. The molecule has 3 heterocycles. The van der Waals surface area contributed by atoms with Gasteiger partial charge in [-0.25, -0.2) is 4.98 Å². The van der Waals surface area contributed by atoms with Gasteiger partial charge in [-0.1, -0.05) is 183 Å². The number of aromatic nitrogens is 2. The Balaban J connectivity index is 1.15. The Labute approximate surface area is 440 Å². The first kappa shape index (κ1) is 54.8. The molecule has 2 saturated heterocycles. The van der Waals surface area contributed by atoms with Crippen molar-refractivity contribution in [3.05, 3.63) is 174 Å². The van der Waals surface area contributed by atoms with Crippen molar-refractivity contribution >= 4 is 45.3 Å². The lowest BCUT2D eigenvalue weighted by Crippen LogP contribution is -2.66. The second-order valence-electron chi connectivity index (χ2n) is 20.4. The zero-order chi connectivity index (χ0) is 51.4. The first-order valence-electron chi connectivity index (χ1n) is 25.8. The van der Waals surface area contributed by atoms with Crippen molar-refractivity contribution in [2.45, 2.75) is 147 Å². The summed E-state index contributed by atoms with van der Waals surface area (Å²) in [5.41, 5.74) is 4.48. The van der Waals surface area contributed by atoms with E-state index in [-0.39, 0.29) is 60.4 Å². The molecule has 12 nitrogen and oxygen atoms in total. The molecule has 7 atom stereocenters. The molecule has 4 unspecified atom stereocenters. The summed E-state index contributed by atoms with van der Waals surface area (Å²) in [6.45, 7) is 19.3. The van der Waals surface area contributed by atoms with Gasteiger partial charge in [0.05, 0.1) is 46.2 Å². The van der Waals surface area contributed by atoms with Crippen LogP contribution in [0.15, 0.2) is 152 Å². The van der Waals surface area contributed by atoms with Crippen LogP contribution in [0.25, 0.3) is 10.8 Å². The van der Waals surface area contributed by atoms with Crippen molar-refractivity contribution in [2.24, 2.45) is 0 Å². The Morgan fingerprint density at radius 3 is 1.74 bits per heavy atom. The van der Waals surface area contributed by atoms with Crippen LogP contribution >= 0.6 is 12.2 Å². The molecule has 0 amide bonds. The smallest absolute Gasteiger partial charge is 0.335 e. The fourth-order valence-corrected chi connectivity index (χ4v) is 21.4. The minimum atomic E-state index is -3.13. The third kappa shape index (κ3) is 13.7. The standard InChI is InChI=1S/C58H74N2O10SSi2/c1-41(2)72(42(3)4)66-39-53-55(69-73(70-72,43(5)6)44(7)8)56(68-58(71)60-31-30-59-40-60)57(67-53)65-38-52(63-35-46-22-14-10-15-23-46)54(64-36-47-24-16-11-17-25-47)51(62-34-45-20-12-9-13-21-45)37-61-33-48-28-29-49-26-18-19-27-50(49)32-48/h9-32,40-44,51-57H,33-39H2,1-8H3/t51?,52?,53-,54?,55?,56+,57-/m1/s1. The lowest BCUT2D eigenvalue weighted by Gasteiger charge is -2.51. The van der Waals surface area contributed by atoms with E-state index in [1.54, 1.807) is 23.3 Å². The minimum absolute atomic E-state index is 0.00886. The van der Waals surface area contributed by atoms with Gasteiger partial charge in [-0.05, 0) is 73.5 Å². The fourth-order valence-electron chi connectivity index (χ4n) is 9.97. The Kier molecular flexibility index (Phi) is 19.4. The second-order valence-corrected chi connectivity index (χ2v) is 29.6. The van der Waals surface area contributed by atoms with E-state index >= 15 is 0 Å². The Morgan fingerprint density at radius 1 is 0.630 bits per heavy atom. The monoisotopic (exact) mass is 1050 g/mol. The molecule has 0 radical (unpaired) electrons. The number of rotatable bonds is 23. The summed E-state index contributed by atoms with van der Waals surface area (Å²) in [7, 11) is -6.04. The van der Waals surface area contributed by atoms with Gasteiger partial charge in [-0.15, -0.1) is 0 Å². The fraction of sp³-hybridized carbons (Fsp3) is 0.448. The highest BCUT2D eigenvalue weighted by Gasteiger charge is 2.62. The number of imidazole rings is 1. The molecule has 390 valence electrons. The zero-order valence-corrected chi connectivity index (χ0v) is 46.4. The molecular formula is C58H74N2O10SSi2. The normalized spacial score (nSPS) is 21.0. The van der Waals surface area contributed by atoms with Crippen LogP contribution in [0, 0.1) is 0 Å². The van der Waals surface area contributed by atoms with Crippen molar-refractivity contribution < 1.29 is 46.1 Å². The quantitative estimate of drug-likeness (QED) is 0.0450. The Morgan fingerprint density at radius 2 is 1.18 bits per heavy atom. The van der Waals surface area contributed by atoms with E-state index in [2.05, 4.69) is 115 Å². The maximum absolute atomic E-state index is 7.58. The highest BCUT2D eigenvalue weighted by molar-refractivity contribution is 7.80. The van der Waals surface area contributed by atoms with Crippen molar-refractivity contribution in [3.63, 3.8) is 0 Å². The summed E-state index contributed by atoms with van der Waals surface area (Å²) >= 11 is 5.95. The Hall–Kier alpha value is -4.47. The van der Waals surface area contributed by atoms with E-state index in [4.69, 9.17) is 58.3 Å². The molecule has 8 rings (SSSR count). The van der Waals surface area contributed by atoms with E-state index in [9.17, 15) is 0 Å². The molecule has 2 aliphatic heterocycles. The lowest BCUT2D eigenvalue weighted by molar-refractivity contribution is -0.216. The summed E-state index contributed by atoms with van der Waals surface area (Å²) in [4.78, 5) is 4.25. The molecule has 0 N–H and O–H groups in total. The predicted octanol–water partition coefficient (Wildman–Crippen LogP) is 12.2. The van der Waals surface area contributed by atoms with Crippen LogP contribution in [0.4, 0.5) is 0 Å². The van der Waals surface area contributed by atoms with Gasteiger partial charge < -0.3 is 46.1 Å². The van der Waals surface area contributed by atoms with Gasteiger partial charge >= 0.3 is 17.1 Å². The molecule has 2 fully saturated rings. The molecular weight excluding hydrogens is 973 g/mol. The zero-order valence-electron chi connectivity index (χ0n) is 43.6. The molecule has 2 aliphatic rings. The van der Waals surface area contributed by atoms with E-state index in [0.29, 0.717) is 13.2 Å².